The Balaban J connectivity index is 2.97. The van der Waals surface area contributed by atoms with Crippen LogP contribution < -0.4 is 4.72 Å². The Bertz CT molecular complexity index is 523. The smallest absolute Gasteiger partial charge is 0.241 e. The van der Waals surface area contributed by atoms with E-state index in [2.05, 4.69) is 4.72 Å². The lowest BCUT2D eigenvalue weighted by atomic mass is 10.1. The lowest BCUT2D eigenvalue weighted by Crippen LogP contribution is -2.38. The second-order valence-electron chi connectivity index (χ2n) is 5.40. The number of nitrogens with one attached hydrogen (secondary N) is 1. The molecule has 1 aromatic carbocycles. The van der Waals surface area contributed by atoms with Crippen LogP contribution in [0.3, 0.4) is 0 Å². The number of hydrogen-bond acceptors (Lipinski definition) is 3. The van der Waals surface area contributed by atoms with Crippen LogP contribution in [-0.2, 0) is 10.0 Å². The highest BCUT2D eigenvalue weighted by atomic mass is 32.2. The van der Waals surface area contributed by atoms with Crippen molar-refractivity contribution in [3.8, 4) is 0 Å². The summed E-state index contributed by atoms with van der Waals surface area (Å²) in [6.07, 6.45) is 0.612. The van der Waals surface area contributed by atoms with Crippen molar-refractivity contribution in [2.24, 2.45) is 5.92 Å². The summed E-state index contributed by atoms with van der Waals surface area (Å²) in [5, 5.41) is 9.27. The van der Waals surface area contributed by atoms with Crippen molar-refractivity contribution in [1.29, 1.82) is 0 Å². The molecule has 0 aliphatic heterocycles. The molecule has 2 N–H and O–H groups in total. The number of hydrogen-bond donors (Lipinski definition) is 2. The van der Waals surface area contributed by atoms with E-state index in [1.54, 1.807) is 19.1 Å². The molecule has 4 nitrogen and oxygen atoms in total. The molecule has 0 saturated heterocycles. The molecule has 19 heavy (non-hydrogen) atoms. The van der Waals surface area contributed by atoms with Crippen LogP contribution in [-0.4, -0.2) is 26.2 Å². The molecule has 0 aliphatic carbocycles. The third-order valence-electron chi connectivity index (χ3n) is 2.92. The maximum atomic E-state index is 12.3. The SMILES string of the molecule is Cc1ccc(S(=O)(=O)NC(CO)CC(C)C)c(C)c1. The maximum Gasteiger partial charge on any atom is 0.241 e. The van der Waals surface area contributed by atoms with Gasteiger partial charge in [-0.2, -0.15) is 0 Å². The zero-order valence-electron chi connectivity index (χ0n) is 12.0. The van der Waals surface area contributed by atoms with Gasteiger partial charge in [-0.1, -0.05) is 31.5 Å². The van der Waals surface area contributed by atoms with E-state index < -0.39 is 16.1 Å². The number of sulfonamides is 1. The molecular formula is C14H23NO3S. The van der Waals surface area contributed by atoms with Gasteiger partial charge in [0.25, 0.3) is 0 Å². The van der Waals surface area contributed by atoms with E-state index in [1.807, 2.05) is 26.8 Å². The van der Waals surface area contributed by atoms with Gasteiger partial charge in [0.2, 0.25) is 10.0 Å². The van der Waals surface area contributed by atoms with Crippen LogP contribution >= 0.6 is 0 Å². The second-order valence-corrected chi connectivity index (χ2v) is 7.08. The quantitative estimate of drug-likeness (QED) is 0.840. The average molecular weight is 285 g/mol. The van der Waals surface area contributed by atoms with E-state index in [0.29, 0.717) is 17.9 Å². The van der Waals surface area contributed by atoms with Crippen LogP contribution in [0.15, 0.2) is 23.1 Å². The first kappa shape index (κ1) is 16.1. The van der Waals surface area contributed by atoms with E-state index >= 15 is 0 Å². The third kappa shape index (κ3) is 4.60. The van der Waals surface area contributed by atoms with Crippen molar-refractivity contribution < 1.29 is 13.5 Å². The summed E-state index contributed by atoms with van der Waals surface area (Å²) >= 11 is 0. The molecule has 0 aromatic heterocycles. The average Bonchev–Trinajstić information content (AvgIpc) is 2.26. The molecule has 1 rings (SSSR count). The molecule has 0 spiro atoms. The standard InChI is InChI=1S/C14H23NO3S/c1-10(2)7-13(9-16)15-19(17,18)14-6-5-11(3)8-12(14)4/h5-6,8,10,13,15-16H,7,9H2,1-4H3. The molecule has 5 heteroatoms. The zero-order valence-corrected chi connectivity index (χ0v) is 12.8. The summed E-state index contributed by atoms with van der Waals surface area (Å²) in [6, 6.07) is 4.78. The largest absolute Gasteiger partial charge is 0.395 e. The summed E-state index contributed by atoms with van der Waals surface area (Å²) in [5.41, 5.74) is 1.74. The molecule has 0 bridgehead atoms. The van der Waals surface area contributed by atoms with Crippen LogP contribution in [0.25, 0.3) is 0 Å². The maximum absolute atomic E-state index is 12.3. The van der Waals surface area contributed by atoms with Gasteiger partial charge in [0, 0.05) is 6.04 Å². The molecule has 1 atom stereocenters. The highest BCUT2D eigenvalue weighted by Crippen LogP contribution is 2.17. The van der Waals surface area contributed by atoms with Crippen molar-refractivity contribution in [2.75, 3.05) is 6.61 Å². The summed E-state index contributed by atoms with van der Waals surface area (Å²) < 4.78 is 27.2. The Labute approximate surface area is 115 Å². The molecule has 108 valence electrons. The molecule has 0 aliphatic rings. The Morgan fingerprint density at radius 2 is 1.89 bits per heavy atom. The molecular weight excluding hydrogens is 262 g/mol. The van der Waals surface area contributed by atoms with Crippen molar-refractivity contribution in [3.63, 3.8) is 0 Å². The highest BCUT2D eigenvalue weighted by Gasteiger charge is 2.21. The number of aliphatic hydroxyl groups excluding tert-OH is 1. The molecule has 0 radical (unpaired) electrons. The van der Waals surface area contributed by atoms with Crippen LogP contribution in [0, 0.1) is 19.8 Å². The van der Waals surface area contributed by atoms with Crippen LogP contribution in [0.5, 0.6) is 0 Å². The van der Waals surface area contributed by atoms with Gasteiger partial charge in [-0.05, 0) is 37.8 Å². The van der Waals surface area contributed by atoms with E-state index in [4.69, 9.17) is 0 Å². The van der Waals surface area contributed by atoms with E-state index in [0.717, 1.165) is 5.56 Å². The summed E-state index contributed by atoms with van der Waals surface area (Å²) in [4.78, 5) is 0.278. The minimum Gasteiger partial charge on any atom is -0.395 e. The van der Waals surface area contributed by atoms with Crippen molar-refractivity contribution in [2.45, 2.75) is 45.1 Å². The topological polar surface area (TPSA) is 66.4 Å². The zero-order chi connectivity index (χ0) is 14.6. The van der Waals surface area contributed by atoms with Gasteiger partial charge < -0.3 is 5.11 Å². The fourth-order valence-electron chi connectivity index (χ4n) is 2.11. The van der Waals surface area contributed by atoms with Gasteiger partial charge in [0.05, 0.1) is 11.5 Å². The number of benzene rings is 1. The van der Waals surface area contributed by atoms with Crippen LogP contribution in [0.1, 0.15) is 31.4 Å². The lowest BCUT2D eigenvalue weighted by Gasteiger charge is -2.19. The van der Waals surface area contributed by atoms with Crippen molar-refractivity contribution >= 4 is 10.0 Å². The number of aryl methyl sites for hydroxylation is 2. The van der Waals surface area contributed by atoms with Crippen molar-refractivity contribution in [1.82, 2.24) is 4.72 Å². The highest BCUT2D eigenvalue weighted by molar-refractivity contribution is 7.89. The Morgan fingerprint density at radius 1 is 1.26 bits per heavy atom. The summed E-state index contributed by atoms with van der Waals surface area (Å²) in [7, 11) is -3.57. The molecule has 1 aromatic rings. The van der Waals surface area contributed by atoms with Gasteiger partial charge in [-0.25, -0.2) is 13.1 Å². The monoisotopic (exact) mass is 285 g/mol. The first-order valence-corrected chi connectivity index (χ1v) is 7.95. The Hall–Kier alpha value is -0.910. The van der Waals surface area contributed by atoms with E-state index in [1.165, 1.54) is 0 Å². The number of rotatable bonds is 6. The Morgan fingerprint density at radius 3 is 2.37 bits per heavy atom. The minimum atomic E-state index is -3.57. The van der Waals surface area contributed by atoms with E-state index in [9.17, 15) is 13.5 Å². The fourth-order valence-corrected chi connectivity index (χ4v) is 3.58. The minimum absolute atomic E-state index is 0.192. The predicted molar refractivity (Wildman–Crippen MR) is 76.6 cm³/mol. The van der Waals surface area contributed by atoms with E-state index in [-0.39, 0.29) is 11.5 Å². The molecule has 1 unspecified atom stereocenters. The fraction of sp³-hybridized carbons (Fsp3) is 0.571. The number of aliphatic hydroxyl groups is 1. The van der Waals surface area contributed by atoms with Gasteiger partial charge in [-0.3, -0.25) is 0 Å². The molecule has 0 heterocycles. The van der Waals surface area contributed by atoms with Crippen LogP contribution in [0.2, 0.25) is 0 Å². The third-order valence-corrected chi connectivity index (χ3v) is 4.60. The Kier molecular flexibility index (Phi) is 5.52. The summed E-state index contributed by atoms with van der Waals surface area (Å²) in [5.74, 6) is 0.318. The van der Waals surface area contributed by atoms with Gasteiger partial charge >= 0.3 is 0 Å². The lowest BCUT2D eigenvalue weighted by molar-refractivity contribution is 0.240. The van der Waals surface area contributed by atoms with Gasteiger partial charge in [0.15, 0.2) is 0 Å². The predicted octanol–water partition coefficient (Wildman–Crippen LogP) is 1.99. The first-order valence-electron chi connectivity index (χ1n) is 6.46. The summed E-state index contributed by atoms with van der Waals surface area (Å²) in [6.45, 7) is 7.49. The normalized spacial score (nSPS) is 13.8. The van der Waals surface area contributed by atoms with Crippen molar-refractivity contribution in [3.05, 3.63) is 29.3 Å². The molecule has 0 amide bonds. The second kappa shape index (κ2) is 6.50. The molecule has 0 fully saturated rings. The van der Waals surface area contributed by atoms with Gasteiger partial charge in [-0.15, -0.1) is 0 Å². The molecule has 0 saturated carbocycles. The first-order chi connectivity index (χ1) is 8.76. The van der Waals surface area contributed by atoms with Gasteiger partial charge in [0.1, 0.15) is 0 Å². The van der Waals surface area contributed by atoms with Crippen LogP contribution in [0.4, 0.5) is 0 Å².